The number of guanidine groups is 1. The van der Waals surface area contributed by atoms with Crippen molar-refractivity contribution < 1.29 is 35.1 Å². The van der Waals surface area contributed by atoms with Gasteiger partial charge >= 0.3 is 5.97 Å². The standard InChI is InChI=1S/C12H26N4O7/c13-6(2-1-3-16-12(14)15)11(22)23-5-8(19)10(21)9(20)7(18)4-17/h6-10,17-21H,1-5,13H2,(H4,14,15,16)/t6-,7+,8-,9-,10+/m0/s1. The Kier molecular flexibility index (Phi) is 10.4. The van der Waals surface area contributed by atoms with E-state index in [9.17, 15) is 20.1 Å². The lowest BCUT2D eigenvalue weighted by Crippen LogP contribution is -2.48. The second-order valence-electron chi connectivity index (χ2n) is 4.98. The number of aliphatic hydroxyl groups is 5. The number of carbonyl (C=O) groups is 1. The van der Waals surface area contributed by atoms with Gasteiger partial charge in [-0.2, -0.15) is 0 Å². The van der Waals surface area contributed by atoms with Gasteiger partial charge in [0.15, 0.2) is 5.96 Å². The van der Waals surface area contributed by atoms with E-state index >= 15 is 0 Å². The fourth-order valence-electron chi connectivity index (χ4n) is 1.57. The van der Waals surface area contributed by atoms with E-state index in [1.807, 2.05) is 0 Å². The molecule has 11 N–H and O–H groups in total. The predicted octanol–water partition coefficient (Wildman–Crippen LogP) is -4.65. The van der Waals surface area contributed by atoms with Gasteiger partial charge in [0, 0.05) is 6.54 Å². The summed E-state index contributed by atoms with van der Waals surface area (Å²) in [7, 11) is 0. The summed E-state index contributed by atoms with van der Waals surface area (Å²) in [5.74, 6) is -0.875. The van der Waals surface area contributed by atoms with Crippen molar-refractivity contribution in [2.45, 2.75) is 43.3 Å². The zero-order chi connectivity index (χ0) is 18.0. The number of hydrogen-bond acceptors (Lipinski definition) is 9. The van der Waals surface area contributed by atoms with E-state index < -0.39 is 49.6 Å². The number of ether oxygens (including phenoxy) is 1. The van der Waals surface area contributed by atoms with Gasteiger partial charge in [0.1, 0.15) is 37.1 Å². The van der Waals surface area contributed by atoms with Crippen molar-refractivity contribution >= 4 is 11.9 Å². The Morgan fingerprint density at radius 1 is 1.09 bits per heavy atom. The summed E-state index contributed by atoms with van der Waals surface area (Å²) in [5, 5.41) is 46.3. The summed E-state index contributed by atoms with van der Waals surface area (Å²) in [5.41, 5.74) is 15.8. The summed E-state index contributed by atoms with van der Waals surface area (Å²) in [6.45, 7) is -1.13. The molecule has 0 amide bonds. The molecule has 0 heterocycles. The molecule has 0 aromatic heterocycles. The highest BCUT2D eigenvalue weighted by molar-refractivity contribution is 5.76. The van der Waals surface area contributed by atoms with Crippen LogP contribution in [-0.4, -0.2) is 87.7 Å². The van der Waals surface area contributed by atoms with Gasteiger partial charge in [0.2, 0.25) is 0 Å². The maximum absolute atomic E-state index is 11.6. The number of hydrogen-bond donors (Lipinski definition) is 8. The van der Waals surface area contributed by atoms with Crippen molar-refractivity contribution in [1.29, 1.82) is 0 Å². The first-order chi connectivity index (χ1) is 10.7. The number of aliphatic imine (C=N–C) groups is 1. The quantitative estimate of drug-likeness (QED) is 0.0779. The second kappa shape index (κ2) is 11.1. The molecule has 0 radical (unpaired) electrons. The van der Waals surface area contributed by atoms with E-state index in [1.54, 1.807) is 0 Å². The first-order valence-corrected chi connectivity index (χ1v) is 7.01. The Labute approximate surface area is 133 Å². The Morgan fingerprint density at radius 3 is 2.17 bits per heavy atom. The third-order valence-electron chi connectivity index (χ3n) is 2.99. The fraction of sp³-hybridized carbons (Fsp3) is 0.833. The molecule has 5 atom stereocenters. The van der Waals surface area contributed by atoms with Crippen LogP contribution in [0.25, 0.3) is 0 Å². The van der Waals surface area contributed by atoms with E-state index in [0.717, 1.165) is 0 Å². The minimum absolute atomic E-state index is 0.0677. The van der Waals surface area contributed by atoms with Crippen LogP contribution in [0, 0.1) is 0 Å². The molecule has 0 aromatic rings. The van der Waals surface area contributed by atoms with Crippen LogP contribution in [-0.2, 0) is 9.53 Å². The molecule has 136 valence electrons. The van der Waals surface area contributed by atoms with Gasteiger partial charge in [-0.1, -0.05) is 0 Å². The lowest BCUT2D eigenvalue weighted by molar-refractivity contribution is -0.157. The molecule has 0 aliphatic heterocycles. The fourth-order valence-corrected chi connectivity index (χ4v) is 1.57. The van der Waals surface area contributed by atoms with Crippen molar-refractivity contribution in [3.05, 3.63) is 0 Å². The highest BCUT2D eigenvalue weighted by Crippen LogP contribution is 2.06. The number of nitrogens with zero attached hydrogens (tertiary/aromatic N) is 1. The molecular formula is C12H26N4O7. The van der Waals surface area contributed by atoms with Crippen molar-refractivity contribution in [1.82, 2.24) is 0 Å². The lowest BCUT2D eigenvalue weighted by Gasteiger charge is -2.25. The molecule has 0 saturated carbocycles. The molecule has 0 bridgehead atoms. The molecule has 0 fully saturated rings. The van der Waals surface area contributed by atoms with Crippen molar-refractivity contribution in [3.8, 4) is 0 Å². The summed E-state index contributed by atoms with van der Waals surface area (Å²) < 4.78 is 4.71. The first kappa shape index (κ1) is 21.5. The second-order valence-corrected chi connectivity index (χ2v) is 4.98. The average Bonchev–Trinajstić information content (AvgIpc) is 2.53. The Morgan fingerprint density at radius 2 is 1.65 bits per heavy atom. The molecule has 0 saturated heterocycles. The van der Waals surface area contributed by atoms with Gasteiger partial charge in [-0.05, 0) is 12.8 Å². The summed E-state index contributed by atoms with van der Waals surface area (Å²) in [6.07, 6.45) is -6.18. The van der Waals surface area contributed by atoms with E-state index in [1.165, 1.54) is 0 Å². The topological polar surface area (TPSA) is 218 Å². The maximum atomic E-state index is 11.6. The number of aliphatic hydroxyl groups excluding tert-OH is 5. The molecule has 0 unspecified atom stereocenters. The Bertz CT molecular complexity index is 378. The molecule has 11 nitrogen and oxygen atoms in total. The highest BCUT2D eigenvalue weighted by Gasteiger charge is 2.31. The van der Waals surface area contributed by atoms with Crippen LogP contribution in [0.4, 0.5) is 0 Å². The minimum atomic E-state index is -1.80. The summed E-state index contributed by atoms with van der Waals surface area (Å²) in [4.78, 5) is 15.3. The van der Waals surface area contributed by atoms with Crippen molar-refractivity contribution in [2.75, 3.05) is 19.8 Å². The maximum Gasteiger partial charge on any atom is 0.323 e. The average molecular weight is 338 g/mol. The number of rotatable bonds is 11. The van der Waals surface area contributed by atoms with Gasteiger partial charge in [0.25, 0.3) is 0 Å². The van der Waals surface area contributed by atoms with E-state index in [2.05, 4.69) is 4.99 Å². The number of nitrogens with two attached hydrogens (primary N) is 3. The van der Waals surface area contributed by atoms with Gasteiger partial charge in [0.05, 0.1) is 6.61 Å². The smallest absolute Gasteiger partial charge is 0.323 e. The van der Waals surface area contributed by atoms with Crippen molar-refractivity contribution in [3.63, 3.8) is 0 Å². The predicted molar refractivity (Wildman–Crippen MR) is 80.0 cm³/mol. The van der Waals surface area contributed by atoms with Gasteiger partial charge in [-0.3, -0.25) is 9.79 Å². The minimum Gasteiger partial charge on any atom is -0.462 e. The van der Waals surface area contributed by atoms with Crippen LogP contribution < -0.4 is 17.2 Å². The zero-order valence-electron chi connectivity index (χ0n) is 12.7. The summed E-state index contributed by atoms with van der Waals surface area (Å²) >= 11 is 0. The van der Waals surface area contributed by atoms with Crippen LogP contribution in [0.3, 0.4) is 0 Å². The molecule has 0 aliphatic carbocycles. The zero-order valence-corrected chi connectivity index (χ0v) is 12.7. The van der Waals surface area contributed by atoms with Gasteiger partial charge < -0.3 is 47.5 Å². The number of carbonyl (C=O) groups excluding carboxylic acids is 1. The van der Waals surface area contributed by atoms with Crippen LogP contribution in [0.5, 0.6) is 0 Å². The summed E-state index contributed by atoms with van der Waals surface area (Å²) in [6, 6.07) is -0.957. The Hall–Kier alpha value is -1.50. The molecule has 0 aliphatic rings. The third kappa shape index (κ3) is 8.64. The molecule has 11 heteroatoms. The van der Waals surface area contributed by atoms with E-state index in [0.29, 0.717) is 13.0 Å². The highest BCUT2D eigenvalue weighted by atomic mass is 16.5. The van der Waals surface area contributed by atoms with Crippen LogP contribution >= 0.6 is 0 Å². The van der Waals surface area contributed by atoms with Gasteiger partial charge in [-0.15, -0.1) is 0 Å². The molecule has 0 rings (SSSR count). The monoisotopic (exact) mass is 338 g/mol. The largest absolute Gasteiger partial charge is 0.462 e. The molecule has 23 heavy (non-hydrogen) atoms. The third-order valence-corrected chi connectivity index (χ3v) is 2.99. The van der Waals surface area contributed by atoms with Gasteiger partial charge in [-0.25, -0.2) is 0 Å². The number of esters is 1. The SMILES string of the molecule is NC(N)=NCCC[C@H](N)C(=O)OC[C@H](O)[C@@H](O)[C@@H](O)[C@H](O)CO. The molecule has 0 aromatic carbocycles. The van der Waals surface area contributed by atoms with Crippen LogP contribution in [0.15, 0.2) is 4.99 Å². The van der Waals surface area contributed by atoms with E-state index in [4.69, 9.17) is 32.2 Å². The molecular weight excluding hydrogens is 312 g/mol. The molecule has 0 spiro atoms. The lowest BCUT2D eigenvalue weighted by atomic mass is 10.0. The normalized spacial score (nSPS) is 17.7. The Balaban J connectivity index is 4.13. The first-order valence-electron chi connectivity index (χ1n) is 7.01. The van der Waals surface area contributed by atoms with Crippen LogP contribution in [0.1, 0.15) is 12.8 Å². The van der Waals surface area contributed by atoms with E-state index in [-0.39, 0.29) is 12.4 Å². The van der Waals surface area contributed by atoms with Crippen LogP contribution in [0.2, 0.25) is 0 Å². The van der Waals surface area contributed by atoms with Crippen molar-refractivity contribution in [2.24, 2.45) is 22.2 Å².